The van der Waals surface area contributed by atoms with Crippen LogP contribution < -0.4 is 11.3 Å². The number of hydrazine groups is 1. The fourth-order valence-corrected chi connectivity index (χ4v) is 1.58. The first-order chi connectivity index (χ1) is 7.70. The Balaban J connectivity index is 2.42. The lowest BCUT2D eigenvalue weighted by Gasteiger charge is -2.03. The minimum absolute atomic E-state index is 0.350. The zero-order valence-corrected chi connectivity index (χ0v) is 9.70. The Bertz CT molecular complexity index is 501. The van der Waals surface area contributed by atoms with Crippen molar-refractivity contribution in [1.82, 2.24) is 10.2 Å². The maximum absolute atomic E-state index is 13.6. The molecule has 0 amide bonds. The lowest BCUT2D eigenvalue weighted by atomic mass is 10.1. The molecule has 0 saturated heterocycles. The fraction of sp³-hybridized carbons (Fsp3) is 0. The Morgan fingerprint density at radius 3 is 2.56 bits per heavy atom. The van der Waals surface area contributed by atoms with Crippen LogP contribution in [0.2, 0.25) is 0 Å². The summed E-state index contributed by atoms with van der Waals surface area (Å²) in [7, 11) is 0. The summed E-state index contributed by atoms with van der Waals surface area (Å²) in [4.78, 5) is 0. The number of nitrogens with two attached hydrogens (primary N) is 1. The van der Waals surface area contributed by atoms with E-state index in [-0.39, 0.29) is 5.82 Å². The molecule has 0 aliphatic rings. The molecule has 0 fully saturated rings. The summed E-state index contributed by atoms with van der Waals surface area (Å²) in [5, 5.41) is 7.64. The van der Waals surface area contributed by atoms with Crippen LogP contribution in [0.1, 0.15) is 0 Å². The van der Waals surface area contributed by atoms with Crippen molar-refractivity contribution in [3.05, 3.63) is 40.6 Å². The molecular weight excluding hydrogens is 275 g/mol. The van der Waals surface area contributed by atoms with Crippen LogP contribution in [-0.4, -0.2) is 10.2 Å². The van der Waals surface area contributed by atoms with Crippen LogP contribution in [0.15, 0.2) is 34.8 Å². The van der Waals surface area contributed by atoms with Crippen molar-refractivity contribution in [2.75, 3.05) is 5.43 Å². The molecule has 0 unspecified atom stereocenters. The van der Waals surface area contributed by atoms with Gasteiger partial charge in [0, 0.05) is 10.0 Å². The zero-order chi connectivity index (χ0) is 11.5. The molecule has 0 bridgehead atoms. The van der Waals surface area contributed by atoms with Crippen LogP contribution in [-0.2, 0) is 0 Å². The van der Waals surface area contributed by atoms with E-state index in [1.165, 1.54) is 6.07 Å². The Morgan fingerprint density at radius 2 is 2.00 bits per heavy atom. The number of anilines is 1. The predicted molar refractivity (Wildman–Crippen MR) is 62.9 cm³/mol. The van der Waals surface area contributed by atoms with E-state index in [1.807, 2.05) is 0 Å². The maximum Gasteiger partial charge on any atom is 0.162 e. The highest BCUT2D eigenvalue weighted by Crippen LogP contribution is 2.23. The number of halogens is 2. The van der Waals surface area contributed by atoms with E-state index in [4.69, 9.17) is 5.84 Å². The molecule has 2 aromatic rings. The van der Waals surface area contributed by atoms with Gasteiger partial charge in [0.25, 0.3) is 0 Å². The summed E-state index contributed by atoms with van der Waals surface area (Å²) in [6, 6.07) is 8.04. The molecule has 1 aromatic heterocycles. The SMILES string of the molecule is NNc1ccc(-c2ccc(Br)cc2F)nn1. The summed E-state index contributed by atoms with van der Waals surface area (Å²) in [6.07, 6.45) is 0. The van der Waals surface area contributed by atoms with Crippen molar-refractivity contribution in [3.63, 3.8) is 0 Å². The summed E-state index contributed by atoms with van der Waals surface area (Å²) in [5.74, 6) is 5.24. The number of nitrogens with zero attached hydrogens (tertiary/aromatic N) is 2. The van der Waals surface area contributed by atoms with Crippen LogP contribution in [0.4, 0.5) is 10.2 Å². The number of hydrogen-bond donors (Lipinski definition) is 2. The Hall–Kier alpha value is -1.53. The minimum atomic E-state index is -0.350. The quantitative estimate of drug-likeness (QED) is 0.656. The van der Waals surface area contributed by atoms with Gasteiger partial charge in [-0.05, 0) is 30.3 Å². The van der Waals surface area contributed by atoms with E-state index in [9.17, 15) is 4.39 Å². The molecular formula is C10H8BrFN4. The second-order valence-electron chi connectivity index (χ2n) is 3.07. The third-order valence-corrected chi connectivity index (χ3v) is 2.51. The summed E-state index contributed by atoms with van der Waals surface area (Å²) in [5.41, 5.74) is 3.22. The van der Waals surface area contributed by atoms with Crippen LogP contribution in [0, 0.1) is 5.82 Å². The molecule has 82 valence electrons. The Labute approximate surface area is 99.8 Å². The Kier molecular flexibility index (Phi) is 3.12. The van der Waals surface area contributed by atoms with Gasteiger partial charge >= 0.3 is 0 Å². The first kappa shape index (κ1) is 11.0. The standard InChI is InChI=1S/C10H8BrFN4/c11-6-1-2-7(8(12)5-6)9-3-4-10(14-13)16-15-9/h1-5H,13H2,(H,14,16). The largest absolute Gasteiger partial charge is 0.307 e. The zero-order valence-electron chi connectivity index (χ0n) is 8.11. The number of nitrogen functional groups attached to an aromatic ring is 1. The number of nitrogens with one attached hydrogen (secondary N) is 1. The van der Waals surface area contributed by atoms with E-state index in [1.54, 1.807) is 24.3 Å². The first-order valence-corrected chi connectivity index (χ1v) is 5.26. The summed E-state index contributed by atoms with van der Waals surface area (Å²) < 4.78 is 14.3. The van der Waals surface area contributed by atoms with Gasteiger partial charge in [-0.15, -0.1) is 10.2 Å². The predicted octanol–water partition coefficient (Wildman–Crippen LogP) is 2.33. The molecule has 4 nitrogen and oxygen atoms in total. The van der Waals surface area contributed by atoms with Crippen LogP contribution in [0.25, 0.3) is 11.3 Å². The van der Waals surface area contributed by atoms with Gasteiger partial charge in [0.05, 0.1) is 5.69 Å². The molecule has 3 N–H and O–H groups in total. The van der Waals surface area contributed by atoms with Gasteiger partial charge in [-0.1, -0.05) is 15.9 Å². The van der Waals surface area contributed by atoms with Gasteiger partial charge in [0.1, 0.15) is 5.82 Å². The van der Waals surface area contributed by atoms with Crippen LogP contribution in [0.5, 0.6) is 0 Å². The normalized spacial score (nSPS) is 10.2. The van der Waals surface area contributed by atoms with Crippen molar-refractivity contribution in [2.24, 2.45) is 5.84 Å². The summed E-state index contributed by atoms with van der Waals surface area (Å²) >= 11 is 3.19. The van der Waals surface area contributed by atoms with Gasteiger partial charge in [0.2, 0.25) is 0 Å². The molecule has 16 heavy (non-hydrogen) atoms. The minimum Gasteiger partial charge on any atom is -0.307 e. The van der Waals surface area contributed by atoms with Crippen molar-refractivity contribution in [3.8, 4) is 11.3 Å². The van der Waals surface area contributed by atoms with Gasteiger partial charge in [-0.2, -0.15) is 0 Å². The second-order valence-corrected chi connectivity index (χ2v) is 3.99. The molecule has 1 aromatic carbocycles. The lowest BCUT2D eigenvalue weighted by molar-refractivity contribution is 0.629. The topological polar surface area (TPSA) is 63.8 Å². The highest BCUT2D eigenvalue weighted by molar-refractivity contribution is 9.10. The molecule has 0 atom stereocenters. The van der Waals surface area contributed by atoms with E-state index in [0.29, 0.717) is 21.5 Å². The average Bonchev–Trinajstić information content (AvgIpc) is 2.29. The van der Waals surface area contributed by atoms with E-state index >= 15 is 0 Å². The van der Waals surface area contributed by atoms with Gasteiger partial charge in [0.15, 0.2) is 5.82 Å². The molecule has 0 radical (unpaired) electrons. The highest BCUT2D eigenvalue weighted by atomic mass is 79.9. The molecule has 0 aliphatic heterocycles. The monoisotopic (exact) mass is 282 g/mol. The molecule has 0 aliphatic carbocycles. The third-order valence-electron chi connectivity index (χ3n) is 2.02. The van der Waals surface area contributed by atoms with Crippen LogP contribution in [0.3, 0.4) is 0 Å². The number of aromatic nitrogens is 2. The van der Waals surface area contributed by atoms with Gasteiger partial charge in [-0.25, -0.2) is 10.2 Å². The number of benzene rings is 1. The smallest absolute Gasteiger partial charge is 0.162 e. The average molecular weight is 283 g/mol. The second kappa shape index (κ2) is 4.54. The highest BCUT2D eigenvalue weighted by Gasteiger charge is 2.07. The van der Waals surface area contributed by atoms with Gasteiger partial charge < -0.3 is 5.43 Å². The molecule has 2 rings (SSSR count). The van der Waals surface area contributed by atoms with Gasteiger partial charge in [-0.3, -0.25) is 0 Å². The van der Waals surface area contributed by atoms with E-state index < -0.39 is 0 Å². The van der Waals surface area contributed by atoms with Crippen molar-refractivity contribution < 1.29 is 4.39 Å². The molecule has 0 saturated carbocycles. The molecule has 1 heterocycles. The van der Waals surface area contributed by atoms with E-state index in [0.717, 1.165) is 0 Å². The first-order valence-electron chi connectivity index (χ1n) is 4.46. The van der Waals surface area contributed by atoms with Crippen LogP contribution >= 0.6 is 15.9 Å². The third kappa shape index (κ3) is 2.17. The van der Waals surface area contributed by atoms with Crippen molar-refractivity contribution >= 4 is 21.7 Å². The molecule has 6 heteroatoms. The lowest BCUT2D eigenvalue weighted by Crippen LogP contribution is -2.09. The summed E-state index contributed by atoms with van der Waals surface area (Å²) in [6.45, 7) is 0. The molecule has 0 spiro atoms. The maximum atomic E-state index is 13.6. The van der Waals surface area contributed by atoms with E-state index in [2.05, 4.69) is 31.6 Å². The number of rotatable bonds is 2. The van der Waals surface area contributed by atoms with Crippen molar-refractivity contribution in [2.45, 2.75) is 0 Å². The Morgan fingerprint density at radius 1 is 1.19 bits per heavy atom. The number of hydrogen-bond acceptors (Lipinski definition) is 4. The fourth-order valence-electron chi connectivity index (χ4n) is 1.25. The van der Waals surface area contributed by atoms with Crippen molar-refractivity contribution in [1.29, 1.82) is 0 Å².